The lowest BCUT2D eigenvalue weighted by Gasteiger charge is -2.05. The molecule has 1 aromatic carbocycles. The van der Waals surface area contributed by atoms with Gasteiger partial charge < -0.3 is 5.21 Å². The second-order valence-electron chi connectivity index (χ2n) is 3.17. The molecule has 0 aliphatic carbocycles. The number of benzene rings is 1. The van der Waals surface area contributed by atoms with Gasteiger partial charge in [0.2, 0.25) is 0 Å². The van der Waals surface area contributed by atoms with Crippen molar-refractivity contribution in [2.24, 2.45) is 0 Å². The number of nitrogens with one attached hydrogen (secondary N) is 1. The number of aryl methyl sites for hydroxylation is 2. The van der Waals surface area contributed by atoms with E-state index in [4.69, 9.17) is 5.21 Å². The molecule has 0 heterocycles. The molecule has 2 N–H and O–H groups in total. The average molecular weight is 196 g/mol. The third-order valence-corrected chi connectivity index (χ3v) is 2.02. The highest BCUT2D eigenvalue weighted by atomic mass is 16.6. The molecule has 0 fully saturated rings. The third kappa shape index (κ3) is 2.07. The van der Waals surface area contributed by atoms with Gasteiger partial charge >= 0.3 is 0 Å². The number of hydroxylamine groups is 1. The molecule has 0 radical (unpaired) electrons. The molecule has 5 nitrogen and oxygen atoms in total. The van der Waals surface area contributed by atoms with Crippen LogP contribution in [0.1, 0.15) is 16.7 Å². The minimum Gasteiger partial charge on any atom is -0.316 e. The summed E-state index contributed by atoms with van der Waals surface area (Å²) in [6.45, 7) is 3.66. The number of nitro benzene ring substituents is 1. The molecule has 0 aromatic heterocycles. The number of nitro groups is 1. The molecule has 76 valence electrons. The summed E-state index contributed by atoms with van der Waals surface area (Å²) >= 11 is 0. The van der Waals surface area contributed by atoms with Crippen LogP contribution >= 0.6 is 0 Å². The van der Waals surface area contributed by atoms with Crippen LogP contribution in [0, 0.1) is 24.0 Å². The lowest BCUT2D eigenvalue weighted by molar-refractivity contribution is -0.386. The van der Waals surface area contributed by atoms with Gasteiger partial charge in [-0.05, 0) is 31.5 Å². The Bertz CT molecular complexity index is 340. The van der Waals surface area contributed by atoms with Gasteiger partial charge in [-0.3, -0.25) is 10.1 Å². The Labute approximate surface area is 81.5 Å². The summed E-state index contributed by atoms with van der Waals surface area (Å²) in [6, 6.07) is 3.38. The van der Waals surface area contributed by atoms with E-state index < -0.39 is 0 Å². The molecule has 14 heavy (non-hydrogen) atoms. The molecule has 0 amide bonds. The quantitative estimate of drug-likeness (QED) is 0.569. The maximum absolute atomic E-state index is 10.7. The summed E-state index contributed by atoms with van der Waals surface area (Å²) in [6.07, 6.45) is 0. The van der Waals surface area contributed by atoms with Crippen molar-refractivity contribution >= 4 is 5.69 Å². The Kier molecular flexibility index (Phi) is 3.16. The summed E-state index contributed by atoms with van der Waals surface area (Å²) in [5.74, 6) is 0. The topological polar surface area (TPSA) is 75.4 Å². The van der Waals surface area contributed by atoms with E-state index in [0.717, 1.165) is 5.56 Å². The smallest absolute Gasteiger partial charge is 0.275 e. The molecule has 1 rings (SSSR count). The van der Waals surface area contributed by atoms with Crippen molar-refractivity contribution < 1.29 is 10.1 Å². The molecule has 0 aliphatic rings. The van der Waals surface area contributed by atoms with Gasteiger partial charge in [-0.25, -0.2) is 5.48 Å². The van der Waals surface area contributed by atoms with Crippen LogP contribution < -0.4 is 5.48 Å². The van der Waals surface area contributed by atoms with Crippen molar-refractivity contribution in [3.05, 3.63) is 38.9 Å². The van der Waals surface area contributed by atoms with Crippen molar-refractivity contribution in [3.8, 4) is 0 Å². The third-order valence-electron chi connectivity index (χ3n) is 2.02. The van der Waals surface area contributed by atoms with Crippen LogP contribution in [0.25, 0.3) is 0 Å². The fourth-order valence-electron chi connectivity index (χ4n) is 1.53. The van der Waals surface area contributed by atoms with Gasteiger partial charge in [-0.15, -0.1) is 0 Å². The fourth-order valence-corrected chi connectivity index (χ4v) is 1.53. The van der Waals surface area contributed by atoms with Gasteiger partial charge in [0.15, 0.2) is 0 Å². The highest BCUT2D eigenvalue weighted by molar-refractivity contribution is 5.48. The molecule has 0 spiro atoms. The standard InChI is InChI=1S/C9H12N2O3/c1-6-3-8(5-10-12)4-7(2)9(6)11(13)14/h3-4,10,12H,5H2,1-2H3. The Hall–Kier alpha value is -1.46. The second kappa shape index (κ2) is 4.17. The van der Waals surface area contributed by atoms with E-state index in [1.807, 2.05) is 5.48 Å². The Morgan fingerprint density at radius 2 is 1.93 bits per heavy atom. The number of nitrogens with zero attached hydrogens (tertiary/aromatic N) is 1. The van der Waals surface area contributed by atoms with Crippen molar-refractivity contribution in [2.45, 2.75) is 20.4 Å². The Morgan fingerprint density at radius 1 is 1.43 bits per heavy atom. The summed E-state index contributed by atoms with van der Waals surface area (Å²) in [4.78, 5) is 10.3. The summed E-state index contributed by atoms with van der Waals surface area (Å²) < 4.78 is 0. The van der Waals surface area contributed by atoms with Gasteiger partial charge in [-0.1, -0.05) is 0 Å². The monoisotopic (exact) mass is 196 g/mol. The van der Waals surface area contributed by atoms with E-state index >= 15 is 0 Å². The van der Waals surface area contributed by atoms with Crippen LogP contribution in [0.4, 0.5) is 5.69 Å². The summed E-state index contributed by atoms with van der Waals surface area (Å²) in [5, 5.41) is 19.1. The number of hydrogen-bond acceptors (Lipinski definition) is 4. The van der Waals surface area contributed by atoms with E-state index in [2.05, 4.69) is 0 Å². The minimum absolute atomic E-state index is 0.145. The highest BCUT2D eigenvalue weighted by Gasteiger charge is 2.14. The molecular formula is C9H12N2O3. The predicted molar refractivity (Wildman–Crippen MR) is 51.2 cm³/mol. The van der Waals surface area contributed by atoms with Gasteiger partial charge in [0.1, 0.15) is 0 Å². The van der Waals surface area contributed by atoms with Crippen LogP contribution in [0.3, 0.4) is 0 Å². The van der Waals surface area contributed by atoms with Crippen LogP contribution in [0.2, 0.25) is 0 Å². The highest BCUT2D eigenvalue weighted by Crippen LogP contribution is 2.24. The largest absolute Gasteiger partial charge is 0.316 e. The molecule has 0 atom stereocenters. The lowest BCUT2D eigenvalue weighted by Crippen LogP contribution is -2.07. The molecule has 5 heteroatoms. The number of rotatable bonds is 3. The Balaban J connectivity index is 3.18. The minimum atomic E-state index is -0.388. The van der Waals surface area contributed by atoms with Gasteiger partial charge in [0.05, 0.1) is 4.92 Å². The maximum Gasteiger partial charge on any atom is 0.275 e. The zero-order chi connectivity index (χ0) is 10.7. The lowest BCUT2D eigenvalue weighted by atomic mass is 10.0. The predicted octanol–water partition coefficient (Wildman–Crippen LogP) is 1.69. The molecule has 0 aliphatic heterocycles. The van der Waals surface area contributed by atoms with Crippen molar-refractivity contribution in [1.29, 1.82) is 0 Å². The van der Waals surface area contributed by atoms with Crippen LogP contribution in [-0.4, -0.2) is 10.1 Å². The van der Waals surface area contributed by atoms with E-state index in [0.29, 0.717) is 17.7 Å². The molecule has 1 aromatic rings. The first-order valence-electron chi connectivity index (χ1n) is 4.17. The average Bonchev–Trinajstić information content (AvgIpc) is 2.01. The molecule has 0 bridgehead atoms. The van der Waals surface area contributed by atoms with E-state index in [9.17, 15) is 10.1 Å². The maximum atomic E-state index is 10.7. The molecular weight excluding hydrogens is 184 g/mol. The summed E-state index contributed by atoms with van der Waals surface area (Å²) in [7, 11) is 0. The number of hydrogen-bond donors (Lipinski definition) is 2. The van der Waals surface area contributed by atoms with Crippen molar-refractivity contribution in [1.82, 2.24) is 5.48 Å². The van der Waals surface area contributed by atoms with Crippen LogP contribution in [-0.2, 0) is 6.54 Å². The van der Waals surface area contributed by atoms with Gasteiger partial charge in [0, 0.05) is 17.7 Å². The first-order chi connectivity index (χ1) is 6.56. The second-order valence-corrected chi connectivity index (χ2v) is 3.17. The van der Waals surface area contributed by atoms with Crippen LogP contribution in [0.5, 0.6) is 0 Å². The first kappa shape index (κ1) is 10.6. The van der Waals surface area contributed by atoms with Gasteiger partial charge in [0.25, 0.3) is 5.69 Å². The van der Waals surface area contributed by atoms with Crippen molar-refractivity contribution in [2.75, 3.05) is 0 Å². The normalized spacial score (nSPS) is 10.2. The Morgan fingerprint density at radius 3 is 2.29 bits per heavy atom. The fraction of sp³-hybridized carbons (Fsp3) is 0.333. The van der Waals surface area contributed by atoms with Crippen LogP contribution in [0.15, 0.2) is 12.1 Å². The SMILES string of the molecule is Cc1cc(CNO)cc(C)c1[N+](=O)[O-]. The van der Waals surface area contributed by atoms with E-state index in [-0.39, 0.29) is 10.6 Å². The zero-order valence-corrected chi connectivity index (χ0v) is 8.07. The molecule has 0 unspecified atom stereocenters. The van der Waals surface area contributed by atoms with E-state index in [1.165, 1.54) is 0 Å². The summed E-state index contributed by atoms with van der Waals surface area (Å²) in [5.41, 5.74) is 4.21. The van der Waals surface area contributed by atoms with E-state index in [1.54, 1.807) is 26.0 Å². The van der Waals surface area contributed by atoms with Crippen molar-refractivity contribution in [3.63, 3.8) is 0 Å². The molecule has 0 saturated carbocycles. The zero-order valence-electron chi connectivity index (χ0n) is 8.07. The van der Waals surface area contributed by atoms with Gasteiger partial charge in [-0.2, -0.15) is 0 Å². The first-order valence-corrected chi connectivity index (χ1v) is 4.17. The molecule has 0 saturated heterocycles.